The lowest BCUT2D eigenvalue weighted by Gasteiger charge is -2.37. The van der Waals surface area contributed by atoms with Crippen LogP contribution in [0.4, 0.5) is 17.1 Å². The van der Waals surface area contributed by atoms with E-state index in [-0.39, 0.29) is 5.91 Å². The first kappa shape index (κ1) is 38.9. The molecule has 3 aliphatic rings. The van der Waals surface area contributed by atoms with Crippen molar-refractivity contribution in [1.82, 2.24) is 23.8 Å². The zero-order valence-electron chi connectivity index (χ0n) is 32.7. The smallest absolute Gasteiger partial charge is 0.352 e. The predicted octanol–water partition coefficient (Wildman–Crippen LogP) is 6.64. The maximum atomic E-state index is 13.8. The Morgan fingerprint density at radius 1 is 0.561 bits per heavy atom. The van der Waals surface area contributed by atoms with Crippen molar-refractivity contribution >= 4 is 52.1 Å². The molecule has 2 aromatic heterocycles. The topological polar surface area (TPSA) is 83.7 Å². The number of piperazine rings is 3. The number of para-hydroxylation sites is 1. The highest BCUT2D eigenvalue weighted by molar-refractivity contribution is 6.33. The highest BCUT2D eigenvalue weighted by atomic mass is 35.5. The number of carbonyl (C=O) groups is 2. The highest BCUT2D eigenvalue weighted by Crippen LogP contribution is 2.34. The van der Waals surface area contributed by atoms with Crippen LogP contribution < -0.4 is 14.7 Å². The van der Waals surface area contributed by atoms with Gasteiger partial charge in [-0.1, -0.05) is 53.5 Å². The summed E-state index contributed by atoms with van der Waals surface area (Å²) in [6.45, 7) is 11.5. The lowest BCUT2D eigenvalue weighted by Crippen LogP contribution is -2.49. The molecule has 0 atom stereocenters. The third kappa shape index (κ3) is 8.67. The van der Waals surface area contributed by atoms with Gasteiger partial charge in [-0.05, 0) is 70.8 Å². The number of benzene rings is 3. The monoisotopic (exact) mass is 808 g/mol. The zero-order valence-corrected chi connectivity index (χ0v) is 34.2. The Hall–Kier alpha value is -4.94. The summed E-state index contributed by atoms with van der Waals surface area (Å²) in [5.41, 5.74) is 8.72. The molecule has 57 heavy (non-hydrogen) atoms. The van der Waals surface area contributed by atoms with Gasteiger partial charge in [-0.3, -0.25) is 14.6 Å². The molecule has 0 bridgehead atoms. The number of hydrogen-bond donors (Lipinski definition) is 1. The number of anilines is 3. The van der Waals surface area contributed by atoms with Crippen LogP contribution in [0.25, 0.3) is 11.1 Å². The number of carboxylic acids is 1. The van der Waals surface area contributed by atoms with Crippen molar-refractivity contribution in [3.8, 4) is 11.1 Å². The van der Waals surface area contributed by atoms with Crippen molar-refractivity contribution in [2.24, 2.45) is 14.1 Å². The fourth-order valence-electron chi connectivity index (χ4n) is 8.53. The van der Waals surface area contributed by atoms with Crippen LogP contribution in [0.5, 0.6) is 0 Å². The molecular formula is C44H50Cl2N8O3. The number of nitrogens with zero attached hydrogens (tertiary/aromatic N) is 8. The number of amides is 1. The van der Waals surface area contributed by atoms with Gasteiger partial charge in [0.2, 0.25) is 0 Å². The molecule has 0 spiro atoms. The molecular weight excluding hydrogens is 759 g/mol. The molecule has 1 N–H and O–H groups in total. The Balaban J connectivity index is 0.845. The molecule has 0 radical (unpaired) electrons. The number of rotatable bonds is 10. The molecule has 13 heteroatoms. The molecule has 298 valence electrons. The van der Waals surface area contributed by atoms with E-state index >= 15 is 0 Å². The van der Waals surface area contributed by atoms with Crippen LogP contribution in [0.2, 0.25) is 10.0 Å². The van der Waals surface area contributed by atoms with Crippen molar-refractivity contribution in [3.05, 3.63) is 124 Å². The van der Waals surface area contributed by atoms with Crippen molar-refractivity contribution in [1.29, 1.82) is 0 Å². The SMILES string of the molecule is Cn1cc(CN2CCN(c3cc(-c4cccc(N5CCN(C(=O)c6cc(CN7CCN(c8ccccc8Cl)CC7)cn6C)CC5)c4)ccc3Cl)CC2)cc1C(=O)O. The third-order valence-electron chi connectivity index (χ3n) is 11.7. The van der Waals surface area contributed by atoms with E-state index < -0.39 is 5.97 Å². The number of halogens is 2. The van der Waals surface area contributed by atoms with E-state index in [1.807, 2.05) is 47.0 Å². The van der Waals surface area contributed by atoms with E-state index in [2.05, 4.69) is 79.2 Å². The molecule has 3 saturated heterocycles. The summed E-state index contributed by atoms with van der Waals surface area (Å²) in [6, 6.07) is 26.8. The maximum Gasteiger partial charge on any atom is 0.352 e. The van der Waals surface area contributed by atoms with Crippen molar-refractivity contribution in [3.63, 3.8) is 0 Å². The summed E-state index contributed by atoms with van der Waals surface area (Å²) in [6.07, 6.45) is 4.00. The Bertz CT molecular complexity index is 2230. The van der Waals surface area contributed by atoms with Crippen LogP contribution in [-0.2, 0) is 27.2 Å². The number of hydrogen-bond acceptors (Lipinski definition) is 7. The Kier molecular flexibility index (Phi) is 11.5. The molecule has 11 nitrogen and oxygen atoms in total. The third-order valence-corrected chi connectivity index (χ3v) is 12.3. The lowest BCUT2D eigenvalue weighted by atomic mass is 10.0. The van der Waals surface area contributed by atoms with E-state index in [9.17, 15) is 14.7 Å². The van der Waals surface area contributed by atoms with Crippen molar-refractivity contribution in [2.45, 2.75) is 13.1 Å². The Labute approximate surface area is 344 Å². The molecule has 3 fully saturated rings. The fourth-order valence-corrected chi connectivity index (χ4v) is 9.02. The minimum atomic E-state index is -0.909. The van der Waals surface area contributed by atoms with E-state index in [1.54, 1.807) is 17.7 Å². The van der Waals surface area contributed by atoms with Crippen LogP contribution in [0, 0.1) is 0 Å². The van der Waals surface area contributed by atoms with Crippen LogP contribution >= 0.6 is 23.2 Å². The first-order valence-electron chi connectivity index (χ1n) is 19.8. The van der Waals surface area contributed by atoms with Gasteiger partial charge in [-0.2, -0.15) is 0 Å². The predicted molar refractivity (Wildman–Crippen MR) is 229 cm³/mol. The lowest BCUT2D eigenvalue weighted by molar-refractivity contribution is 0.0685. The summed E-state index contributed by atoms with van der Waals surface area (Å²) < 4.78 is 3.65. The van der Waals surface area contributed by atoms with Gasteiger partial charge in [0.25, 0.3) is 5.91 Å². The van der Waals surface area contributed by atoms with Crippen LogP contribution in [0.3, 0.4) is 0 Å². The summed E-state index contributed by atoms with van der Waals surface area (Å²) in [4.78, 5) is 39.1. The second kappa shape index (κ2) is 16.9. The van der Waals surface area contributed by atoms with Crippen LogP contribution in [0.1, 0.15) is 32.1 Å². The zero-order chi connectivity index (χ0) is 39.6. The van der Waals surface area contributed by atoms with Crippen molar-refractivity contribution in [2.75, 3.05) is 93.2 Å². The van der Waals surface area contributed by atoms with Crippen LogP contribution in [0.15, 0.2) is 91.3 Å². The molecule has 5 aromatic rings. The molecule has 8 rings (SSSR count). The fraction of sp³-hybridized carbons (Fsp3) is 0.364. The molecule has 5 heterocycles. The number of carbonyl (C=O) groups excluding carboxylic acids is 1. The average Bonchev–Trinajstić information content (AvgIpc) is 3.79. The van der Waals surface area contributed by atoms with Gasteiger partial charge in [0.05, 0.1) is 21.4 Å². The van der Waals surface area contributed by atoms with E-state index in [0.717, 1.165) is 134 Å². The van der Waals surface area contributed by atoms with E-state index in [0.29, 0.717) is 18.8 Å². The van der Waals surface area contributed by atoms with Gasteiger partial charge < -0.3 is 33.8 Å². The number of aromatic carboxylic acids is 1. The summed E-state index contributed by atoms with van der Waals surface area (Å²) in [7, 11) is 3.75. The van der Waals surface area contributed by atoms with Gasteiger partial charge in [0.15, 0.2) is 0 Å². The number of carboxylic acid groups (broad SMARTS) is 1. The largest absolute Gasteiger partial charge is 0.477 e. The average molecular weight is 810 g/mol. The highest BCUT2D eigenvalue weighted by Gasteiger charge is 2.26. The molecule has 0 aliphatic carbocycles. The second-order valence-electron chi connectivity index (χ2n) is 15.5. The standard InChI is InChI=1S/C44H50Cl2N8O3/c1-47-28-32(30-49-12-16-52(17-13-49)39-9-4-3-8-37(39)45)24-41(47)43(55)54-22-20-51(21-23-54)36-7-5-6-34(26-36)35-10-11-38(46)40(27-35)53-18-14-50(15-19-53)31-33-25-42(44(56)57)48(2)29-33/h3-11,24-29H,12-23,30-31H2,1-2H3,(H,56,57). The molecule has 0 unspecified atom stereocenters. The molecule has 3 aliphatic heterocycles. The van der Waals surface area contributed by atoms with Gasteiger partial charge >= 0.3 is 5.97 Å². The normalized spacial score (nSPS) is 17.1. The van der Waals surface area contributed by atoms with Gasteiger partial charge in [-0.15, -0.1) is 0 Å². The van der Waals surface area contributed by atoms with Crippen LogP contribution in [-0.4, -0.2) is 119 Å². The Morgan fingerprint density at radius 3 is 1.72 bits per heavy atom. The quantitative estimate of drug-likeness (QED) is 0.168. The number of aryl methyl sites for hydroxylation is 2. The summed E-state index contributed by atoms with van der Waals surface area (Å²) in [5.74, 6) is -0.823. The van der Waals surface area contributed by atoms with E-state index in [4.69, 9.17) is 23.2 Å². The second-order valence-corrected chi connectivity index (χ2v) is 16.3. The summed E-state index contributed by atoms with van der Waals surface area (Å²) >= 11 is 13.2. The first-order valence-corrected chi connectivity index (χ1v) is 20.5. The molecule has 1 amide bonds. The minimum Gasteiger partial charge on any atom is -0.477 e. The van der Waals surface area contributed by atoms with E-state index in [1.165, 1.54) is 0 Å². The van der Waals surface area contributed by atoms with Crippen molar-refractivity contribution < 1.29 is 14.7 Å². The minimum absolute atomic E-state index is 0.0857. The van der Waals surface area contributed by atoms with Gasteiger partial charge in [0.1, 0.15) is 11.4 Å². The first-order chi connectivity index (χ1) is 27.6. The maximum absolute atomic E-state index is 13.8. The number of aromatic nitrogens is 2. The Morgan fingerprint density at radius 2 is 1.11 bits per heavy atom. The summed E-state index contributed by atoms with van der Waals surface area (Å²) in [5, 5.41) is 10.9. The van der Waals surface area contributed by atoms with Gasteiger partial charge in [0, 0.05) is 124 Å². The molecule has 0 saturated carbocycles. The molecule has 3 aromatic carbocycles. The van der Waals surface area contributed by atoms with Gasteiger partial charge in [-0.25, -0.2) is 4.79 Å².